The fourth-order valence-electron chi connectivity index (χ4n) is 3.91. The number of aliphatic hydroxyl groups is 1. The van der Waals surface area contributed by atoms with E-state index in [1.165, 1.54) is 0 Å². The van der Waals surface area contributed by atoms with Gasteiger partial charge in [0, 0.05) is 10.3 Å². The Kier molecular flexibility index (Phi) is 2.34. The first kappa shape index (κ1) is 11.8. The van der Waals surface area contributed by atoms with E-state index in [9.17, 15) is 15.2 Å². The molecule has 0 aromatic heterocycles. The van der Waals surface area contributed by atoms with E-state index < -0.39 is 11.9 Å². The van der Waals surface area contributed by atoms with Crippen molar-refractivity contribution in [3.63, 3.8) is 0 Å². The van der Waals surface area contributed by atoms with Gasteiger partial charge in [-0.2, -0.15) is 0 Å². The Hall–Kier alpha value is -0.680. The molecular weight excluding hydrogens is 210 g/mol. The molecule has 1 aliphatic carbocycles. The summed E-state index contributed by atoms with van der Waals surface area (Å²) in [7, 11) is 0. The SMILES string of the molecule is CC1(C)CC2(C[N+](=O)[O-])CC(C)(C1)C(O)O2. The van der Waals surface area contributed by atoms with Crippen molar-refractivity contribution in [3.05, 3.63) is 10.1 Å². The normalized spacial score (nSPS) is 45.6. The van der Waals surface area contributed by atoms with Gasteiger partial charge in [0.2, 0.25) is 6.54 Å². The van der Waals surface area contributed by atoms with Crippen LogP contribution in [0.5, 0.6) is 0 Å². The van der Waals surface area contributed by atoms with Gasteiger partial charge in [-0.1, -0.05) is 20.8 Å². The van der Waals surface area contributed by atoms with Gasteiger partial charge in [0.15, 0.2) is 6.29 Å². The predicted octanol–water partition coefficient (Wildman–Crippen LogP) is 1.57. The molecule has 1 heterocycles. The number of nitro groups is 1. The maximum atomic E-state index is 10.7. The maximum absolute atomic E-state index is 10.7. The molecule has 5 nitrogen and oxygen atoms in total. The Balaban J connectivity index is 2.30. The van der Waals surface area contributed by atoms with Gasteiger partial charge in [0.25, 0.3) is 0 Å². The molecule has 16 heavy (non-hydrogen) atoms. The summed E-state index contributed by atoms with van der Waals surface area (Å²) >= 11 is 0. The third kappa shape index (κ3) is 1.82. The van der Waals surface area contributed by atoms with E-state index in [1.807, 2.05) is 6.92 Å². The van der Waals surface area contributed by atoms with Crippen molar-refractivity contribution in [1.82, 2.24) is 0 Å². The monoisotopic (exact) mass is 229 g/mol. The van der Waals surface area contributed by atoms with E-state index in [0.717, 1.165) is 6.42 Å². The number of hydrogen-bond donors (Lipinski definition) is 1. The average molecular weight is 229 g/mol. The summed E-state index contributed by atoms with van der Waals surface area (Å²) in [6.07, 6.45) is 1.22. The van der Waals surface area contributed by atoms with Gasteiger partial charge in [-0.05, 0) is 24.7 Å². The lowest BCUT2D eigenvalue weighted by molar-refractivity contribution is -0.504. The van der Waals surface area contributed by atoms with Crippen molar-refractivity contribution in [2.45, 2.75) is 51.9 Å². The Morgan fingerprint density at radius 3 is 2.56 bits per heavy atom. The van der Waals surface area contributed by atoms with Gasteiger partial charge in [0.1, 0.15) is 5.60 Å². The van der Waals surface area contributed by atoms with Crippen molar-refractivity contribution < 1.29 is 14.8 Å². The second-order valence-electron chi connectivity index (χ2n) is 6.49. The molecule has 1 aliphatic heterocycles. The highest BCUT2D eigenvalue weighted by atomic mass is 16.7. The van der Waals surface area contributed by atoms with Crippen molar-refractivity contribution in [2.75, 3.05) is 6.54 Å². The lowest BCUT2D eigenvalue weighted by Gasteiger charge is -2.42. The second kappa shape index (κ2) is 3.17. The number of rotatable bonds is 2. The van der Waals surface area contributed by atoms with Crippen LogP contribution in [0.15, 0.2) is 0 Å². The summed E-state index contributed by atoms with van der Waals surface area (Å²) in [6.45, 7) is 5.92. The van der Waals surface area contributed by atoms with Gasteiger partial charge in [-0.15, -0.1) is 0 Å². The summed E-state index contributed by atoms with van der Waals surface area (Å²) in [5.41, 5.74) is -1.11. The molecule has 0 radical (unpaired) electrons. The van der Waals surface area contributed by atoms with Gasteiger partial charge in [0.05, 0.1) is 0 Å². The van der Waals surface area contributed by atoms with Gasteiger partial charge >= 0.3 is 0 Å². The van der Waals surface area contributed by atoms with E-state index in [-0.39, 0.29) is 22.3 Å². The largest absolute Gasteiger partial charge is 0.367 e. The Morgan fingerprint density at radius 2 is 2.00 bits per heavy atom. The minimum atomic E-state index is -0.866. The molecule has 2 aliphatic rings. The van der Waals surface area contributed by atoms with E-state index >= 15 is 0 Å². The smallest absolute Gasteiger partial charge is 0.232 e. The summed E-state index contributed by atoms with van der Waals surface area (Å²) in [4.78, 5) is 10.4. The Morgan fingerprint density at radius 1 is 1.38 bits per heavy atom. The highest BCUT2D eigenvalue weighted by Crippen LogP contribution is 2.58. The molecule has 2 fully saturated rings. The zero-order valence-electron chi connectivity index (χ0n) is 10.0. The maximum Gasteiger partial charge on any atom is 0.232 e. The van der Waals surface area contributed by atoms with Crippen molar-refractivity contribution in [3.8, 4) is 0 Å². The van der Waals surface area contributed by atoms with E-state index in [0.29, 0.717) is 12.8 Å². The number of hydrogen-bond acceptors (Lipinski definition) is 4. The van der Waals surface area contributed by atoms with Gasteiger partial charge < -0.3 is 9.84 Å². The number of aliphatic hydroxyl groups excluding tert-OH is 1. The highest BCUT2D eigenvalue weighted by Gasteiger charge is 2.62. The van der Waals surface area contributed by atoms with Crippen LogP contribution in [0.2, 0.25) is 0 Å². The van der Waals surface area contributed by atoms with Crippen molar-refractivity contribution in [2.24, 2.45) is 10.8 Å². The zero-order chi connectivity index (χ0) is 12.2. The molecule has 3 atom stereocenters. The molecule has 2 bridgehead atoms. The minimum absolute atomic E-state index is 0.0134. The Labute approximate surface area is 94.9 Å². The molecule has 1 saturated carbocycles. The van der Waals surface area contributed by atoms with Crippen LogP contribution in [0.25, 0.3) is 0 Å². The first-order valence-electron chi connectivity index (χ1n) is 5.64. The third-order valence-corrected chi connectivity index (χ3v) is 3.78. The summed E-state index contributed by atoms with van der Waals surface area (Å²) in [6, 6.07) is 0. The average Bonchev–Trinajstić information content (AvgIpc) is 2.12. The van der Waals surface area contributed by atoms with E-state index in [1.54, 1.807) is 0 Å². The molecular formula is C11H19NO4. The van der Waals surface area contributed by atoms with Crippen LogP contribution in [0.4, 0.5) is 0 Å². The van der Waals surface area contributed by atoms with Crippen molar-refractivity contribution >= 4 is 0 Å². The minimum Gasteiger partial charge on any atom is -0.367 e. The van der Waals surface area contributed by atoms with E-state index in [4.69, 9.17) is 4.74 Å². The topological polar surface area (TPSA) is 72.6 Å². The third-order valence-electron chi connectivity index (χ3n) is 3.78. The van der Waals surface area contributed by atoms with Crippen LogP contribution < -0.4 is 0 Å². The lowest BCUT2D eigenvalue weighted by Crippen LogP contribution is -2.45. The van der Waals surface area contributed by atoms with E-state index in [2.05, 4.69) is 13.8 Å². The van der Waals surface area contributed by atoms with Crippen LogP contribution in [0.1, 0.15) is 40.0 Å². The number of ether oxygens (including phenoxy) is 1. The molecule has 1 N–H and O–H groups in total. The van der Waals surface area contributed by atoms with Gasteiger partial charge in [-0.3, -0.25) is 10.1 Å². The highest BCUT2D eigenvalue weighted by molar-refractivity contribution is 5.06. The number of fused-ring (bicyclic) bond motifs is 2. The summed E-state index contributed by atoms with van der Waals surface area (Å²) < 4.78 is 5.54. The fraction of sp³-hybridized carbons (Fsp3) is 1.00. The zero-order valence-corrected chi connectivity index (χ0v) is 10.0. The molecule has 92 valence electrons. The predicted molar refractivity (Wildman–Crippen MR) is 57.4 cm³/mol. The molecule has 3 unspecified atom stereocenters. The molecule has 0 spiro atoms. The molecule has 0 aromatic carbocycles. The molecule has 2 rings (SSSR count). The van der Waals surface area contributed by atoms with Crippen LogP contribution in [-0.4, -0.2) is 28.5 Å². The lowest BCUT2D eigenvalue weighted by atomic mass is 9.60. The standard InChI is InChI=1S/C11H19NO4/c1-9(2)4-10(3)6-11(5-9,7-12(14)15)16-8(10)13/h8,13H,4-7H2,1-3H3. The first-order chi connectivity index (χ1) is 7.17. The molecule has 0 amide bonds. The molecule has 1 saturated heterocycles. The van der Waals surface area contributed by atoms with Crippen LogP contribution in [-0.2, 0) is 4.74 Å². The molecule has 0 aromatic rings. The summed E-state index contributed by atoms with van der Waals surface area (Å²) in [5.74, 6) is 0. The van der Waals surface area contributed by atoms with Crippen LogP contribution in [0.3, 0.4) is 0 Å². The van der Waals surface area contributed by atoms with Gasteiger partial charge in [-0.25, -0.2) is 0 Å². The van der Waals surface area contributed by atoms with Crippen LogP contribution in [0, 0.1) is 20.9 Å². The number of nitrogens with zero attached hydrogens (tertiary/aromatic N) is 1. The van der Waals surface area contributed by atoms with Crippen LogP contribution >= 0.6 is 0 Å². The Bertz CT molecular complexity index is 326. The fourth-order valence-corrected chi connectivity index (χ4v) is 3.91. The molecule has 5 heteroatoms. The first-order valence-corrected chi connectivity index (χ1v) is 5.64. The van der Waals surface area contributed by atoms with Crippen molar-refractivity contribution in [1.29, 1.82) is 0 Å². The quantitative estimate of drug-likeness (QED) is 0.576. The summed E-state index contributed by atoms with van der Waals surface area (Å²) in [5, 5.41) is 20.6. The second-order valence-corrected chi connectivity index (χ2v) is 6.49.